The minimum absolute atomic E-state index is 0.0324. The number of carboxylic acid groups (broad SMARTS) is 1. The number of alkyl carbamates (subject to hydrolysis) is 1. The van der Waals surface area contributed by atoms with Gasteiger partial charge in [-0.3, -0.25) is 0 Å². The first-order valence-electron chi connectivity index (χ1n) is 7.48. The van der Waals surface area contributed by atoms with Crippen molar-refractivity contribution in [2.24, 2.45) is 0 Å². The third-order valence-electron chi connectivity index (χ3n) is 2.54. The molecule has 0 spiro atoms. The molecule has 0 aromatic heterocycles. The van der Waals surface area contributed by atoms with Crippen LogP contribution < -0.4 is 5.32 Å². The van der Waals surface area contributed by atoms with Crippen LogP contribution in [-0.4, -0.2) is 63.1 Å². The van der Waals surface area contributed by atoms with Crippen LogP contribution in [0.1, 0.15) is 13.3 Å². The SMILES string of the molecule is C=CCOC(=O)/C(=C/C[C@H](C)O)SC[C@@H](NC(=O)OCC(Cl)(Cl)Cl)C(=O)O. The van der Waals surface area contributed by atoms with Gasteiger partial charge in [0, 0.05) is 5.75 Å². The molecule has 2 atom stereocenters. The maximum atomic E-state index is 12.0. The van der Waals surface area contributed by atoms with Crippen LogP contribution in [-0.2, 0) is 19.1 Å². The van der Waals surface area contributed by atoms with Crippen molar-refractivity contribution in [2.75, 3.05) is 19.0 Å². The standard InChI is InChI=1S/C15H20Cl3NO7S/c1-3-6-25-13(23)11(5-4-9(2)20)27-7-10(12(21)22)19-14(24)26-8-15(16,17)18/h3,5,9-10,20H,1,4,6-8H2,2H3,(H,19,24)(H,21,22)/b11-5-/t9-,10+/m0/s1. The molecule has 0 bridgehead atoms. The number of esters is 1. The molecule has 3 N–H and O–H groups in total. The summed E-state index contributed by atoms with van der Waals surface area (Å²) in [6, 6.07) is -1.39. The highest BCUT2D eigenvalue weighted by Crippen LogP contribution is 2.26. The lowest BCUT2D eigenvalue weighted by Crippen LogP contribution is -2.43. The highest BCUT2D eigenvalue weighted by Gasteiger charge is 2.26. The Labute approximate surface area is 175 Å². The van der Waals surface area contributed by atoms with Gasteiger partial charge in [-0.05, 0) is 13.3 Å². The Balaban J connectivity index is 4.90. The van der Waals surface area contributed by atoms with E-state index < -0.39 is 40.6 Å². The molecule has 0 fully saturated rings. The highest BCUT2D eigenvalue weighted by atomic mass is 35.6. The molecule has 0 aliphatic heterocycles. The predicted octanol–water partition coefficient (Wildman–Crippen LogP) is 2.65. The summed E-state index contributed by atoms with van der Waals surface area (Å²) in [5.74, 6) is -2.28. The second kappa shape index (κ2) is 13.1. The second-order valence-electron chi connectivity index (χ2n) is 5.08. The summed E-state index contributed by atoms with van der Waals surface area (Å²) >= 11 is 17.1. The van der Waals surface area contributed by atoms with E-state index in [4.69, 9.17) is 39.5 Å². The van der Waals surface area contributed by atoms with E-state index in [-0.39, 0.29) is 23.7 Å². The first-order chi connectivity index (χ1) is 12.5. The summed E-state index contributed by atoms with van der Waals surface area (Å²) in [7, 11) is 0. The van der Waals surface area contributed by atoms with Gasteiger partial charge in [0.05, 0.1) is 11.0 Å². The van der Waals surface area contributed by atoms with Crippen LogP contribution in [0.3, 0.4) is 0 Å². The number of carbonyl (C=O) groups is 3. The van der Waals surface area contributed by atoms with Crippen molar-refractivity contribution in [1.82, 2.24) is 5.32 Å². The summed E-state index contributed by atoms with van der Waals surface area (Å²) in [5, 5.41) is 20.6. The molecule has 1 amide bonds. The lowest BCUT2D eigenvalue weighted by molar-refractivity contribution is -0.139. The normalized spacial score (nSPS) is 14.0. The van der Waals surface area contributed by atoms with Gasteiger partial charge < -0.3 is 25.0 Å². The van der Waals surface area contributed by atoms with Crippen molar-refractivity contribution in [3.05, 3.63) is 23.6 Å². The highest BCUT2D eigenvalue weighted by molar-refractivity contribution is 8.04. The summed E-state index contributed by atoms with van der Waals surface area (Å²) < 4.78 is 7.67. The van der Waals surface area contributed by atoms with Crippen LogP contribution in [0.4, 0.5) is 4.79 Å². The zero-order valence-electron chi connectivity index (χ0n) is 14.3. The van der Waals surface area contributed by atoms with Crippen molar-refractivity contribution in [2.45, 2.75) is 29.3 Å². The first kappa shape index (κ1) is 25.9. The van der Waals surface area contributed by atoms with Crippen molar-refractivity contribution in [3.63, 3.8) is 0 Å². The Kier molecular flexibility index (Phi) is 12.6. The number of carboxylic acids is 1. The fourth-order valence-corrected chi connectivity index (χ4v) is 2.49. The molecule has 0 saturated heterocycles. The predicted molar refractivity (Wildman–Crippen MR) is 104 cm³/mol. The molecule has 0 aromatic rings. The number of hydrogen-bond donors (Lipinski definition) is 3. The largest absolute Gasteiger partial charge is 0.480 e. The summed E-state index contributed by atoms with van der Waals surface area (Å²) in [6.07, 6.45) is 1.14. The number of halogens is 3. The van der Waals surface area contributed by atoms with Gasteiger partial charge in [0.15, 0.2) is 0 Å². The number of rotatable bonds is 11. The van der Waals surface area contributed by atoms with E-state index in [9.17, 15) is 24.6 Å². The van der Waals surface area contributed by atoms with E-state index in [0.717, 1.165) is 11.8 Å². The minimum Gasteiger partial charge on any atom is -0.480 e. The summed E-state index contributed by atoms with van der Waals surface area (Å²) in [4.78, 5) is 35.0. The number of ether oxygens (including phenoxy) is 2. The zero-order chi connectivity index (χ0) is 21.0. The fraction of sp³-hybridized carbons (Fsp3) is 0.533. The number of hydrogen-bond acceptors (Lipinski definition) is 7. The van der Waals surface area contributed by atoms with Crippen LogP contribution in [0.5, 0.6) is 0 Å². The number of thioether (sulfide) groups is 1. The van der Waals surface area contributed by atoms with E-state index in [1.807, 2.05) is 0 Å². The molecule has 0 radical (unpaired) electrons. The number of aliphatic carboxylic acids is 1. The topological polar surface area (TPSA) is 122 Å². The van der Waals surface area contributed by atoms with Gasteiger partial charge in [-0.2, -0.15) is 0 Å². The molecule has 0 aromatic carbocycles. The van der Waals surface area contributed by atoms with E-state index in [0.29, 0.717) is 0 Å². The van der Waals surface area contributed by atoms with Crippen LogP contribution in [0.2, 0.25) is 0 Å². The van der Waals surface area contributed by atoms with E-state index in [1.54, 1.807) is 0 Å². The lowest BCUT2D eigenvalue weighted by Gasteiger charge is -2.16. The number of nitrogens with one attached hydrogen (secondary N) is 1. The Hall–Kier alpha value is -1.13. The molecular weight excluding hydrogens is 445 g/mol. The van der Waals surface area contributed by atoms with Gasteiger partial charge in [0.25, 0.3) is 0 Å². The average Bonchev–Trinajstić information content (AvgIpc) is 2.55. The van der Waals surface area contributed by atoms with Crippen LogP contribution in [0.25, 0.3) is 0 Å². The van der Waals surface area contributed by atoms with Crippen molar-refractivity contribution >= 4 is 64.6 Å². The molecule has 12 heteroatoms. The molecule has 0 aliphatic rings. The van der Waals surface area contributed by atoms with Crippen molar-refractivity contribution in [3.8, 4) is 0 Å². The third-order valence-corrected chi connectivity index (χ3v) is 4.01. The van der Waals surface area contributed by atoms with Gasteiger partial charge in [-0.25, -0.2) is 14.4 Å². The molecule has 0 aliphatic carbocycles. The number of aliphatic hydroxyl groups excluding tert-OH is 1. The first-order valence-corrected chi connectivity index (χ1v) is 9.60. The van der Waals surface area contributed by atoms with E-state index in [1.165, 1.54) is 19.1 Å². The minimum atomic E-state index is -1.84. The smallest absolute Gasteiger partial charge is 0.408 e. The number of carbonyl (C=O) groups excluding carboxylic acids is 2. The monoisotopic (exact) mass is 463 g/mol. The number of amides is 1. The molecule has 0 rings (SSSR count). The quantitative estimate of drug-likeness (QED) is 0.185. The molecular formula is C15H20Cl3NO7S. The molecule has 154 valence electrons. The van der Waals surface area contributed by atoms with Crippen LogP contribution in [0, 0.1) is 0 Å². The fourth-order valence-electron chi connectivity index (χ4n) is 1.36. The third kappa shape index (κ3) is 13.7. The van der Waals surface area contributed by atoms with Crippen LogP contribution >= 0.6 is 46.6 Å². The Morgan fingerprint density at radius 1 is 1.30 bits per heavy atom. The molecule has 0 saturated carbocycles. The van der Waals surface area contributed by atoms with Crippen molar-refractivity contribution in [1.29, 1.82) is 0 Å². The summed E-state index contributed by atoms with van der Waals surface area (Å²) in [5.41, 5.74) is 0. The zero-order valence-corrected chi connectivity index (χ0v) is 17.4. The maximum Gasteiger partial charge on any atom is 0.408 e. The van der Waals surface area contributed by atoms with Gasteiger partial charge in [0.1, 0.15) is 19.3 Å². The molecule has 8 nitrogen and oxygen atoms in total. The number of aliphatic hydroxyl groups is 1. The van der Waals surface area contributed by atoms with Gasteiger partial charge in [-0.1, -0.05) is 53.5 Å². The van der Waals surface area contributed by atoms with Crippen molar-refractivity contribution < 1.29 is 34.1 Å². The van der Waals surface area contributed by atoms with E-state index >= 15 is 0 Å². The Bertz CT molecular complexity index is 564. The van der Waals surface area contributed by atoms with E-state index in [2.05, 4.69) is 16.6 Å². The number of alkyl halides is 3. The van der Waals surface area contributed by atoms with Crippen LogP contribution in [0.15, 0.2) is 23.6 Å². The van der Waals surface area contributed by atoms with Gasteiger partial charge >= 0.3 is 18.0 Å². The maximum absolute atomic E-state index is 12.0. The average molecular weight is 465 g/mol. The van der Waals surface area contributed by atoms with Gasteiger partial charge in [-0.15, -0.1) is 11.8 Å². The molecule has 0 heterocycles. The second-order valence-corrected chi connectivity index (χ2v) is 8.66. The Morgan fingerprint density at radius 2 is 1.93 bits per heavy atom. The van der Waals surface area contributed by atoms with Gasteiger partial charge in [0.2, 0.25) is 3.79 Å². The summed E-state index contributed by atoms with van der Waals surface area (Å²) in [6.45, 7) is 4.34. The lowest BCUT2D eigenvalue weighted by atomic mass is 10.2. The Morgan fingerprint density at radius 3 is 2.41 bits per heavy atom. The molecule has 27 heavy (non-hydrogen) atoms. The molecule has 0 unspecified atom stereocenters.